The summed E-state index contributed by atoms with van der Waals surface area (Å²) < 4.78 is 14.6. The Labute approximate surface area is 202 Å². The number of hydrogen-bond donors (Lipinski definition) is 2. The van der Waals surface area contributed by atoms with Gasteiger partial charge in [-0.05, 0) is 49.9 Å². The molecule has 3 N–H and O–H groups in total. The van der Waals surface area contributed by atoms with Crippen LogP contribution in [0.15, 0.2) is 24.3 Å². The molecule has 1 aromatic carbocycles. The van der Waals surface area contributed by atoms with Crippen LogP contribution in [0.3, 0.4) is 0 Å². The third-order valence-electron chi connectivity index (χ3n) is 6.87. The molecule has 4 amide bonds. The van der Waals surface area contributed by atoms with Crippen molar-refractivity contribution < 1.29 is 18.8 Å². The molecule has 2 heterocycles. The van der Waals surface area contributed by atoms with Gasteiger partial charge in [-0.25, -0.2) is 13.9 Å². The molecule has 184 valence electrons. The molecule has 2 aliphatic rings. The van der Waals surface area contributed by atoms with E-state index in [-0.39, 0.29) is 30.4 Å². The van der Waals surface area contributed by atoms with Crippen LogP contribution in [0.25, 0.3) is 5.69 Å². The van der Waals surface area contributed by atoms with Crippen molar-refractivity contribution in [3.8, 4) is 11.8 Å². The molecule has 2 aromatic rings. The molecule has 2 fully saturated rings. The van der Waals surface area contributed by atoms with Crippen molar-refractivity contribution in [3.05, 3.63) is 41.3 Å². The number of carbonyl (C=O) groups excluding carboxylic acids is 3. The molecule has 1 aliphatic carbocycles. The summed E-state index contributed by atoms with van der Waals surface area (Å²) in [6, 6.07) is 7.20. The Hall–Kier alpha value is -3.94. The number of nitrogens with one attached hydrogen (secondary N) is 1. The van der Waals surface area contributed by atoms with E-state index in [4.69, 9.17) is 5.73 Å². The minimum absolute atomic E-state index is 0.157. The molecule has 4 rings (SSSR count). The number of nitrogens with zero attached hydrogens (tertiary/aromatic N) is 5. The van der Waals surface area contributed by atoms with Crippen LogP contribution in [0.5, 0.6) is 0 Å². The number of benzene rings is 1. The van der Waals surface area contributed by atoms with Gasteiger partial charge in [0.15, 0.2) is 0 Å². The Morgan fingerprint density at radius 1 is 1.23 bits per heavy atom. The monoisotopic (exact) mass is 481 g/mol. The molecule has 1 spiro atoms. The van der Waals surface area contributed by atoms with Crippen molar-refractivity contribution in [2.45, 2.75) is 50.5 Å². The van der Waals surface area contributed by atoms with Crippen LogP contribution >= 0.6 is 0 Å². The van der Waals surface area contributed by atoms with E-state index >= 15 is 0 Å². The second-order valence-corrected chi connectivity index (χ2v) is 8.99. The third kappa shape index (κ3) is 4.43. The lowest BCUT2D eigenvalue weighted by Gasteiger charge is -2.35. The van der Waals surface area contributed by atoms with Gasteiger partial charge in [-0.2, -0.15) is 10.4 Å². The van der Waals surface area contributed by atoms with E-state index in [1.807, 2.05) is 6.07 Å². The second-order valence-electron chi connectivity index (χ2n) is 8.99. The maximum Gasteiger partial charge on any atom is 0.327 e. The molecule has 1 saturated carbocycles. The molecule has 0 radical (unpaired) electrons. The average Bonchev–Trinajstić information content (AvgIpc) is 3.26. The van der Waals surface area contributed by atoms with E-state index in [2.05, 4.69) is 10.4 Å². The number of likely N-dealkylation sites (N-methyl/N-ethyl adjacent to an activating group) is 1. The number of imide groups is 1. The lowest BCUT2D eigenvalue weighted by Crippen LogP contribution is -2.49. The molecule has 1 aromatic heterocycles. The number of aryl methyl sites for hydroxylation is 1. The number of hydrogen-bond acceptors (Lipinski definition) is 6. The molecule has 10 nitrogen and oxygen atoms in total. The van der Waals surface area contributed by atoms with Crippen LogP contribution in [0.1, 0.15) is 49.8 Å². The number of anilines is 1. The van der Waals surface area contributed by atoms with Crippen LogP contribution in [0, 0.1) is 17.1 Å². The predicted molar refractivity (Wildman–Crippen MR) is 125 cm³/mol. The number of nitrogen functional groups attached to an aromatic ring is 1. The Morgan fingerprint density at radius 2 is 1.91 bits per heavy atom. The van der Waals surface area contributed by atoms with E-state index in [1.54, 1.807) is 7.05 Å². The zero-order valence-electron chi connectivity index (χ0n) is 19.6. The van der Waals surface area contributed by atoms with E-state index in [1.165, 1.54) is 33.8 Å². The maximum atomic E-state index is 13.2. The number of urea groups is 1. The summed E-state index contributed by atoms with van der Waals surface area (Å²) in [4.78, 5) is 40.7. The summed E-state index contributed by atoms with van der Waals surface area (Å²) in [5.41, 5.74) is 6.48. The Morgan fingerprint density at radius 3 is 2.57 bits per heavy atom. The first-order valence-electron chi connectivity index (χ1n) is 11.7. The van der Waals surface area contributed by atoms with Gasteiger partial charge in [0.2, 0.25) is 5.91 Å². The van der Waals surface area contributed by atoms with E-state index in [0.717, 1.165) is 24.2 Å². The zero-order chi connectivity index (χ0) is 25.2. The topological polar surface area (TPSA) is 137 Å². The van der Waals surface area contributed by atoms with Gasteiger partial charge in [0.25, 0.3) is 5.91 Å². The van der Waals surface area contributed by atoms with Crippen molar-refractivity contribution in [3.63, 3.8) is 0 Å². The number of amides is 4. The summed E-state index contributed by atoms with van der Waals surface area (Å²) >= 11 is 0. The van der Waals surface area contributed by atoms with E-state index < -0.39 is 23.3 Å². The minimum atomic E-state index is -0.813. The highest BCUT2D eigenvalue weighted by Gasteiger charge is 2.55. The smallest absolute Gasteiger partial charge is 0.327 e. The summed E-state index contributed by atoms with van der Waals surface area (Å²) in [6.07, 6.45) is 4.90. The molecule has 35 heavy (non-hydrogen) atoms. The average molecular weight is 482 g/mol. The second kappa shape index (κ2) is 9.74. The van der Waals surface area contributed by atoms with Gasteiger partial charge in [-0.15, -0.1) is 0 Å². The van der Waals surface area contributed by atoms with Crippen molar-refractivity contribution in [2.75, 3.05) is 25.9 Å². The fourth-order valence-electron chi connectivity index (χ4n) is 4.91. The predicted octanol–water partition coefficient (Wildman–Crippen LogP) is 2.11. The molecule has 11 heteroatoms. The maximum absolute atomic E-state index is 13.2. The third-order valence-corrected chi connectivity index (χ3v) is 6.87. The number of aromatic nitrogens is 2. The fraction of sp³-hybridized carbons (Fsp3) is 0.458. The van der Waals surface area contributed by atoms with Gasteiger partial charge < -0.3 is 16.0 Å². The van der Waals surface area contributed by atoms with Crippen molar-refractivity contribution in [2.24, 2.45) is 0 Å². The Bertz CT molecular complexity index is 1180. The number of nitrogens with two attached hydrogens (primary N) is 1. The van der Waals surface area contributed by atoms with Gasteiger partial charge in [0, 0.05) is 13.6 Å². The van der Waals surface area contributed by atoms with Crippen molar-refractivity contribution in [1.82, 2.24) is 24.9 Å². The van der Waals surface area contributed by atoms with Crippen LogP contribution in [-0.4, -0.2) is 63.1 Å². The van der Waals surface area contributed by atoms with Crippen LogP contribution < -0.4 is 11.1 Å². The normalized spacial score (nSPS) is 17.2. The summed E-state index contributed by atoms with van der Waals surface area (Å²) in [5.74, 6) is -0.955. The minimum Gasteiger partial charge on any atom is -0.382 e. The fourth-order valence-corrected chi connectivity index (χ4v) is 4.91. The van der Waals surface area contributed by atoms with Gasteiger partial charge in [0.05, 0.1) is 11.4 Å². The highest BCUT2D eigenvalue weighted by atomic mass is 19.1. The van der Waals surface area contributed by atoms with Crippen molar-refractivity contribution >= 4 is 23.7 Å². The number of rotatable bonds is 7. The highest BCUT2D eigenvalue weighted by molar-refractivity contribution is 6.08. The lowest BCUT2D eigenvalue weighted by molar-refractivity contribution is -0.137. The molecular formula is C24H28FN7O3. The zero-order valence-corrected chi connectivity index (χ0v) is 19.6. The largest absolute Gasteiger partial charge is 0.382 e. The summed E-state index contributed by atoms with van der Waals surface area (Å²) in [7, 11) is 1.63. The van der Waals surface area contributed by atoms with Crippen molar-refractivity contribution in [1.29, 1.82) is 5.26 Å². The summed E-state index contributed by atoms with van der Waals surface area (Å²) in [6.45, 7) is -0.0520. The van der Waals surface area contributed by atoms with Crippen LogP contribution in [-0.2, 0) is 16.0 Å². The quantitative estimate of drug-likeness (QED) is 0.459. The number of nitriles is 1. The Balaban J connectivity index is 1.32. The first-order chi connectivity index (χ1) is 16.8. The molecule has 1 aliphatic heterocycles. The SMILES string of the molecule is CN1C(=O)N(CC(=O)NCCCc2nn(-c3ccc(F)cc3)c(N)c2C#N)C(=O)C12CCCCC2. The van der Waals surface area contributed by atoms with E-state index in [0.29, 0.717) is 37.1 Å². The van der Waals surface area contributed by atoms with E-state index in [9.17, 15) is 24.0 Å². The van der Waals surface area contributed by atoms with Gasteiger partial charge in [-0.3, -0.25) is 14.5 Å². The van der Waals surface area contributed by atoms with Gasteiger partial charge >= 0.3 is 6.03 Å². The first-order valence-corrected chi connectivity index (χ1v) is 11.7. The van der Waals surface area contributed by atoms with Gasteiger partial charge in [-0.1, -0.05) is 19.3 Å². The molecule has 0 bridgehead atoms. The molecule has 0 atom stereocenters. The Kier molecular flexibility index (Phi) is 6.73. The molecule has 1 saturated heterocycles. The summed E-state index contributed by atoms with van der Waals surface area (Å²) in [5, 5.41) is 16.6. The number of halogens is 1. The molecular weight excluding hydrogens is 453 g/mol. The van der Waals surface area contributed by atoms with Gasteiger partial charge in [0.1, 0.15) is 35.4 Å². The highest BCUT2D eigenvalue weighted by Crippen LogP contribution is 2.39. The van der Waals surface area contributed by atoms with Crippen LogP contribution in [0.4, 0.5) is 15.0 Å². The lowest BCUT2D eigenvalue weighted by atomic mass is 9.81. The first kappa shape index (κ1) is 24.2. The number of carbonyl (C=O) groups is 3. The standard InChI is InChI=1S/C24H28FN7O3/c1-30-23(35)31(22(34)24(30)11-3-2-4-12-24)15-20(33)28-13-5-6-19-18(14-26)21(27)32(29-19)17-9-7-16(25)8-10-17/h7-10H,2-6,11-13,15,27H2,1H3,(H,28,33). The molecule has 0 unspecified atom stereocenters. The van der Waals surface area contributed by atoms with Crippen LogP contribution in [0.2, 0.25) is 0 Å².